The molecule has 0 radical (unpaired) electrons. The van der Waals surface area contributed by atoms with Crippen LogP contribution in [0.1, 0.15) is 16.1 Å². The van der Waals surface area contributed by atoms with Crippen molar-refractivity contribution in [1.29, 1.82) is 0 Å². The lowest BCUT2D eigenvalue weighted by Gasteiger charge is -2.40. The fourth-order valence-electron chi connectivity index (χ4n) is 4.45. The minimum Gasteiger partial charge on any atom is -0.376 e. The third-order valence-electron chi connectivity index (χ3n) is 6.43. The summed E-state index contributed by atoms with van der Waals surface area (Å²) in [6, 6.07) is 14.0. The Labute approximate surface area is 186 Å². The summed E-state index contributed by atoms with van der Waals surface area (Å²) in [5.41, 5.74) is 4.24. The van der Waals surface area contributed by atoms with Gasteiger partial charge >= 0.3 is 0 Å². The van der Waals surface area contributed by atoms with Gasteiger partial charge in [0.2, 0.25) is 5.91 Å². The topological polar surface area (TPSA) is 88.5 Å². The summed E-state index contributed by atoms with van der Waals surface area (Å²) in [6.07, 6.45) is 0. The van der Waals surface area contributed by atoms with E-state index < -0.39 is 5.54 Å². The molecular weight excluding hydrogens is 406 g/mol. The van der Waals surface area contributed by atoms with E-state index in [0.29, 0.717) is 45.0 Å². The standard InChI is InChI=1S/C24H27N5O3/c1-16-20-13-19(7-8-21(20)28(2)27-16)17-3-5-18(6-4-17)22(30)29-11-9-25-23(31)24(14-32-15-24)26-10-12-29/h3-8,13,26H,9-12,14-15H2,1-2H3,(H,25,31). The van der Waals surface area contributed by atoms with Gasteiger partial charge in [0.1, 0.15) is 5.54 Å². The Balaban J connectivity index is 1.31. The van der Waals surface area contributed by atoms with E-state index >= 15 is 0 Å². The molecule has 1 aromatic heterocycles. The lowest BCUT2D eigenvalue weighted by Crippen LogP contribution is -2.69. The van der Waals surface area contributed by atoms with Crippen molar-refractivity contribution >= 4 is 22.7 Å². The van der Waals surface area contributed by atoms with Gasteiger partial charge < -0.3 is 15.0 Å². The first kappa shape index (κ1) is 20.7. The van der Waals surface area contributed by atoms with Crippen LogP contribution in [0.25, 0.3) is 22.0 Å². The highest BCUT2D eigenvalue weighted by Gasteiger charge is 2.45. The van der Waals surface area contributed by atoms with Gasteiger partial charge in [-0.3, -0.25) is 19.6 Å². The maximum atomic E-state index is 13.1. The second-order valence-corrected chi connectivity index (χ2v) is 8.57. The number of aryl methyl sites for hydroxylation is 2. The highest BCUT2D eigenvalue weighted by Crippen LogP contribution is 2.26. The third-order valence-corrected chi connectivity index (χ3v) is 6.43. The summed E-state index contributed by atoms with van der Waals surface area (Å²) in [6.45, 7) is 4.74. The summed E-state index contributed by atoms with van der Waals surface area (Å²) in [5.74, 6) is -0.0878. The Hall–Kier alpha value is -3.23. The number of ether oxygens (including phenoxy) is 1. The van der Waals surface area contributed by atoms with Crippen LogP contribution in [-0.2, 0) is 16.6 Å². The van der Waals surface area contributed by atoms with Crippen molar-refractivity contribution < 1.29 is 14.3 Å². The fraction of sp³-hybridized carbons (Fsp3) is 0.375. The van der Waals surface area contributed by atoms with Crippen LogP contribution in [-0.4, -0.2) is 71.4 Å². The molecule has 2 aliphatic rings. The van der Waals surface area contributed by atoms with Gasteiger partial charge in [-0.05, 0) is 42.3 Å². The van der Waals surface area contributed by atoms with E-state index in [9.17, 15) is 9.59 Å². The number of aromatic nitrogens is 2. The average Bonchev–Trinajstić information content (AvgIpc) is 3.10. The summed E-state index contributed by atoms with van der Waals surface area (Å²) in [7, 11) is 1.95. The molecule has 2 aromatic carbocycles. The zero-order chi connectivity index (χ0) is 22.3. The van der Waals surface area contributed by atoms with E-state index in [-0.39, 0.29) is 11.8 Å². The van der Waals surface area contributed by atoms with Crippen LogP contribution in [0.15, 0.2) is 42.5 Å². The molecule has 0 aliphatic carbocycles. The maximum Gasteiger partial charge on any atom is 0.253 e. The van der Waals surface area contributed by atoms with E-state index in [2.05, 4.69) is 33.9 Å². The van der Waals surface area contributed by atoms with Crippen LogP contribution in [0.3, 0.4) is 0 Å². The number of nitrogens with one attached hydrogen (secondary N) is 2. The zero-order valence-electron chi connectivity index (χ0n) is 18.4. The predicted molar refractivity (Wildman–Crippen MR) is 121 cm³/mol. The quantitative estimate of drug-likeness (QED) is 0.639. The Kier molecular flexibility index (Phi) is 5.19. The second-order valence-electron chi connectivity index (χ2n) is 8.57. The first-order valence-corrected chi connectivity index (χ1v) is 10.9. The van der Waals surface area contributed by atoms with Crippen molar-refractivity contribution in [2.45, 2.75) is 12.5 Å². The molecule has 0 bridgehead atoms. The molecule has 0 unspecified atom stereocenters. The molecule has 2 aliphatic heterocycles. The zero-order valence-corrected chi connectivity index (χ0v) is 18.4. The molecule has 3 aromatic rings. The molecule has 2 saturated heterocycles. The highest BCUT2D eigenvalue weighted by atomic mass is 16.5. The number of fused-ring (bicyclic) bond motifs is 1. The van der Waals surface area contributed by atoms with E-state index in [1.165, 1.54) is 0 Å². The molecule has 2 N–H and O–H groups in total. The number of benzene rings is 2. The number of hydrogen-bond donors (Lipinski definition) is 2. The number of rotatable bonds is 2. The molecule has 2 amide bonds. The predicted octanol–water partition coefficient (Wildman–Crippen LogP) is 1.48. The maximum absolute atomic E-state index is 13.1. The number of nitrogens with zero attached hydrogens (tertiary/aromatic N) is 3. The second kappa shape index (κ2) is 8.03. The molecule has 8 nitrogen and oxygen atoms in total. The Morgan fingerprint density at radius 2 is 1.78 bits per heavy atom. The van der Waals surface area contributed by atoms with Crippen molar-refractivity contribution in [1.82, 2.24) is 25.3 Å². The van der Waals surface area contributed by atoms with Crippen molar-refractivity contribution in [3.05, 3.63) is 53.7 Å². The Bertz CT molecular complexity index is 1180. The molecule has 1 spiro atoms. The molecular formula is C24H27N5O3. The van der Waals surface area contributed by atoms with Gasteiger partial charge in [-0.25, -0.2) is 0 Å². The Morgan fingerprint density at radius 3 is 2.50 bits per heavy atom. The SMILES string of the molecule is Cc1nn(C)c2ccc(-c3ccc(C(=O)N4CCNC(=O)C5(COC5)NCC4)cc3)cc12. The number of carbonyl (C=O) groups excluding carboxylic acids is 2. The van der Waals surface area contributed by atoms with Gasteiger partial charge in [-0.2, -0.15) is 5.10 Å². The monoisotopic (exact) mass is 433 g/mol. The van der Waals surface area contributed by atoms with Crippen LogP contribution in [0.5, 0.6) is 0 Å². The lowest BCUT2D eigenvalue weighted by molar-refractivity contribution is -0.147. The van der Waals surface area contributed by atoms with Crippen molar-refractivity contribution in [2.75, 3.05) is 39.4 Å². The smallest absolute Gasteiger partial charge is 0.253 e. The minimum atomic E-state index is -0.644. The third kappa shape index (κ3) is 3.55. The van der Waals surface area contributed by atoms with Gasteiger partial charge in [0.15, 0.2) is 0 Å². The highest BCUT2D eigenvalue weighted by molar-refractivity contribution is 5.95. The largest absolute Gasteiger partial charge is 0.376 e. The molecule has 0 atom stereocenters. The van der Waals surface area contributed by atoms with Crippen molar-refractivity contribution in [3.63, 3.8) is 0 Å². The van der Waals surface area contributed by atoms with Gasteiger partial charge in [0, 0.05) is 44.2 Å². The number of hydrogen-bond acceptors (Lipinski definition) is 5. The molecule has 5 rings (SSSR count). The van der Waals surface area contributed by atoms with Crippen LogP contribution in [0.2, 0.25) is 0 Å². The summed E-state index contributed by atoms with van der Waals surface area (Å²) < 4.78 is 7.13. The molecule has 8 heteroatoms. The van der Waals surface area contributed by atoms with Crippen LogP contribution < -0.4 is 10.6 Å². The van der Waals surface area contributed by atoms with Crippen molar-refractivity contribution in [3.8, 4) is 11.1 Å². The molecule has 3 heterocycles. The van der Waals surface area contributed by atoms with E-state index in [1.54, 1.807) is 4.90 Å². The van der Waals surface area contributed by atoms with Crippen LogP contribution in [0, 0.1) is 6.92 Å². The van der Waals surface area contributed by atoms with Crippen LogP contribution in [0.4, 0.5) is 0 Å². The van der Waals surface area contributed by atoms with Crippen molar-refractivity contribution in [2.24, 2.45) is 7.05 Å². The summed E-state index contributed by atoms with van der Waals surface area (Å²) in [5, 5.41) is 11.8. The number of carbonyl (C=O) groups is 2. The fourth-order valence-corrected chi connectivity index (χ4v) is 4.45. The molecule has 32 heavy (non-hydrogen) atoms. The lowest BCUT2D eigenvalue weighted by atomic mass is 9.96. The minimum absolute atomic E-state index is 0.0352. The first-order chi connectivity index (χ1) is 15.5. The number of amides is 2. The first-order valence-electron chi connectivity index (χ1n) is 10.9. The Morgan fingerprint density at radius 1 is 1.06 bits per heavy atom. The normalized spacial score (nSPS) is 18.6. The van der Waals surface area contributed by atoms with Gasteiger partial charge in [0.05, 0.1) is 24.4 Å². The molecule has 0 saturated carbocycles. The average molecular weight is 434 g/mol. The van der Waals surface area contributed by atoms with E-state index in [0.717, 1.165) is 27.7 Å². The summed E-state index contributed by atoms with van der Waals surface area (Å²) >= 11 is 0. The van der Waals surface area contributed by atoms with E-state index in [1.807, 2.05) is 42.9 Å². The molecule has 166 valence electrons. The summed E-state index contributed by atoms with van der Waals surface area (Å²) in [4.78, 5) is 27.3. The molecule has 2 fully saturated rings. The van der Waals surface area contributed by atoms with Crippen LogP contribution >= 0.6 is 0 Å². The van der Waals surface area contributed by atoms with Gasteiger partial charge in [0.25, 0.3) is 5.91 Å². The van der Waals surface area contributed by atoms with Gasteiger partial charge in [-0.1, -0.05) is 18.2 Å². The van der Waals surface area contributed by atoms with E-state index in [4.69, 9.17) is 4.74 Å². The van der Waals surface area contributed by atoms with Gasteiger partial charge in [-0.15, -0.1) is 0 Å².